The molecule has 0 aliphatic heterocycles. The van der Waals surface area contributed by atoms with Crippen molar-refractivity contribution in [2.75, 3.05) is 4.90 Å². The molecule has 0 aliphatic rings. The number of fused-ring (bicyclic) bond motifs is 1. The van der Waals surface area contributed by atoms with E-state index in [9.17, 15) is 13.2 Å². The molecule has 0 spiro atoms. The third kappa shape index (κ3) is 4.29. The first-order valence-corrected chi connectivity index (χ1v) is 12.6. The molecular weight excluding hydrogens is 446 g/mol. The molecule has 1 amide bonds. The van der Waals surface area contributed by atoms with E-state index in [0.717, 1.165) is 24.0 Å². The number of para-hydroxylation sites is 1. The molecule has 0 radical (unpaired) electrons. The molecule has 0 atom stereocenters. The zero-order valence-corrected chi connectivity index (χ0v) is 19.4. The molecule has 0 saturated heterocycles. The molecule has 0 unspecified atom stereocenters. The fourth-order valence-electron chi connectivity index (χ4n) is 3.50. The van der Waals surface area contributed by atoms with E-state index in [1.807, 2.05) is 40.3 Å². The van der Waals surface area contributed by atoms with Gasteiger partial charge in [0.2, 0.25) is 15.9 Å². The van der Waals surface area contributed by atoms with Crippen molar-refractivity contribution >= 4 is 49.1 Å². The van der Waals surface area contributed by atoms with Crippen LogP contribution < -0.4 is 10.0 Å². The maximum Gasteiger partial charge on any atom is 0.238 e. The molecule has 10 heteroatoms. The summed E-state index contributed by atoms with van der Waals surface area (Å²) in [7, 11) is -3.83. The normalized spacial score (nSPS) is 11.7. The van der Waals surface area contributed by atoms with Crippen LogP contribution in [0.5, 0.6) is 0 Å². The summed E-state index contributed by atoms with van der Waals surface area (Å²) in [6.45, 7) is 4.31. The molecule has 2 aromatic carbocycles. The van der Waals surface area contributed by atoms with Crippen molar-refractivity contribution in [2.45, 2.75) is 38.1 Å². The molecule has 166 valence electrons. The third-order valence-corrected chi connectivity index (χ3v) is 6.76. The number of unbranched alkanes of at least 4 members (excludes halogenated alkanes) is 1. The van der Waals surface area contributed by atoms with Crippen molar-refractivity contribution in [3.63, 3.8) is 0 Å². The minimum atomic E-state index is -3.83. The Hall–Kier alpha value is -3.08. The molecular formula is C22H23N5O3S2. The number of amides is 1. The second kappa shape index (κ2) is 8.81. The molecule has 2 aromatic heterocycles. The highest BCUT2D eigenvalue weighted by molar-refractivity contribution is 7.89. The van der Waals surface area contributed by atoms with Gasteiger partial charge in [-0.05, 0) is 36.8 Å². The maximum atomic E-state index is 12.4. The predicted octanol–water partition coefficient (Wildman–Crippen LogP) is 4.29. The number of nitrogens with zero attached hydrogens (tertiary/aromatic N) is 4. The van der Waals surface area contributed by atoms with Crippen LogP contribution in [-0.2, 0) is 21.4 Å². The highest BCUT2D eigenvalue weighted by Crippen LogP contribution is 2.33. The Morgan fingerprint density at radius 3 is 2.56 bits per heavy atom. The highest BCUT2D eigenvalue weighted by atomic mass is 32.2. The molecule has 2 N–H and O–H groups in total. The summed E-state index contributed by atoms with van der Waals surface area (Å²) in [4.78, 5) is 23.3. The summed E-state index contributed by atoms with van der Waals surface area (Å²) >= 11 is 1.35. The topological polar surface area (TPSA) is 111 Å². The van der Waals surface area contributed by atoms with E-state index in [-0.39, 0.29) is 10.8 Å². The van der Waals surface area contributed by atoms with Crippen molar-refractivity contribution < 1.29 is 13.2 Å². The van der Waals surface area contributed by atoms with Crippen LogP contribution in [-0.4, -0.2) is 28.9 Å². The fourth-order valence-corrected chi connectivity index (χ4v) is 4.90. The SMILES string of the molecule is CCCCn1c(-c2csc(N(C(C)=O)c3ccccc3)n2)nc2cc(S(N)(=O)=O)ccc21. The van der Waals surface area contributed by atoms with Crippen LogP contribution in [0.4, 0.5) is 10.8 Å². The van der Waals surface area contributed by atoms with Crippen molar-refractivity contribution in [2.24, 2.45) is 5.14 Å². The lowest BCUT2D eigenvalue weighted by atomic mass is 10.3. The molecule has 0 fully saturated rings. The van der Waals surface area contributed by atoms with E-state index in [1.54, 1.807) is 11.0 Å². The number of carbonyl (C=O) groups is 1. The van der Waals surface area contributed by atoms with Crippen LogP contribution in [0.1, 0.15) is 26.7 Å². The van der Waals surface area contributed by atoms with Gasteiger partial charge in [0.25, 0.3) is 0 Å². The van der Waals surface area contributed by atoms with Crippen LogP contribution in [0.2, 0.25) is 0 Å². The monoisotopic (exact) mass is 469 g/mol. The van der Waals surface area contributed by atoms with Crippen molar-refractivity contribution in [1.82, 2.24) is 14.5 Å². The van der Waals surface area contributed by atoms with E-state index in [4.69, 9.17) is 10.1 Å². The lowest BCUT2D eigenvalue weighted by Crippen LogP contribution is -2.22. The van der Waals surface area contributed by atoms with Crippen LogP contribution in [0.3, 0.4) is 0 Å². The fraction of sp³-hybridized carbons (Fsp3) is 0.227. The van der Waals surface area contributed by atoms with E-state index >= 15 is 0 Å². The molecule has 0 saturated carbocycles. The summed E-state index contributed by atoms with van der Waals surface area (Å²) < 4.78 is 25.6. The second-order valence-corrected chi connectivity index (χ2v) is 9.74. The number of thiazole rings is 1. The van der Waals surface area contributed by atoms with Gasteiger partial charge in [-0.2, -0.15) is 0 Å². The van der Waals surface area contributed by atoms with Gasteiger partial charge >= 0.3 is 0 Å². The first kappa shape index (κ1) is 22.1. The Bertz CT molecular complexity index is 1380. The number of imidazole rings is 1. The molecule has 4 rings (SSSR count). The van der Waals surface area contributed by atoms with Gasteiger partial charge in [0.15, 0.2) is 11.0 Å². The van der Waals surface area contributed by atoms with Crippen molar-refractivity contribution in [3.8, 4) is 11.5 Å². The number of sulfonamides is 1. The number of rotatable bonds is 7. The van der Waals surface area contributed by atoms with Gasteiger partial charge in [-0.15, -0.1) is 11.3 Å². The van der Waals surface area contributed by atoms with Crippen LogP contribution in [0.15, 0.2) is 58.8 Å². The Morgan fingerprint density at radius 2 is 1.91 bits per heavy atom. The number of hydrogen-bond donors (Lipinski definition) is 1. The standard InChI is InChI=1S/C22H23N5O3S2/c1-3-4-12-26-20-11-10-17(32(23,29)30)13-18(20)24-21(26)19-14-31-22(25-19)27(15(2)28)16-8-6-5-7-9-16/h5-11,13-14H,3-4,12H2,1-2H3,(H2,23,29,30). The lowest BCUT2D eigenvalue weighted by molar-refractivity contribution is -0.115. The summed E-state index contributed by atoms with van der Waals surface area (Å²) in [6.07, 6.45) is 1.92. The number of benzene rings is 2. The van der Waals surface area contributed by atoms with Gasteiger partial charge in [0.1, 0.15) is 5.69 Å². The van der Waals surface area contributed by atoms with Crippen molar-refractivity contribution in [1.29, 1.82) is 0 Å². The molecule has 2 heterocycles. The van der Waals surface area contributed by atoms with Crippen LogP contribution >= 0.6 is 11.3 Å². The Balaban J connectivity index is 1.82. The number of nitrogens with two attached hydrogens (primary N) is 1. The molecule has 0 bridgehead atoms. The van der Waals surface area contributed by atoms with Gasteiger partial charge in [-0.1, -0.05) is 31.5 Å². The minimum absolute atomic E-state index is 0.0162. The second-order valence-electron chi connectivity index (χ2n) is 7.34. The lowest BCUT2D eigenvalue weighted by Gasteiger charge is -2.17. The van der Waals surface area contributed by atoms with Gasteiger partial charge in [-0.25, -0.2) is 23.5 Å². The van der Waals surface area contributed by atoms with E-state index < -0.39 is 10.0 Å². The smallest absolute Gasteiger partial charge is 0.238 e. The largest absolute Gasteiger partial charge is 0.323 e. The van der Waals surface area contributed by atoms with E-state index in [2.05, 4.69) is 11.9 Å². The quantitative estimate of drug-likeness (QED) is 0.434. The molecule has 4 aromatic rings. The summed E-state index contributed by atoms with van der Waals surface area (Å²) in [5.74, 6) is 0.480. The first-order valence-electron chi connectivity index (χ1n) is 10.1. The Morgan fingerprint density at radius 1 is 1.16 bits per heavy atom. The van der Waals surface area contributed by atoms with Crippen molar-refractivity contribution in [3.05, 3.63) is 53.9 Å². The summed E-state index contributed by atoms with van der Waals surface area (Å²) in [5.41, 5.74) is 2.69. The highest BCUT2D eigenvalue weighted by Gasteiger charge is 2.21. The molecule has 8 nitrogen and oxygen atoms in total. The van der Waals surface area contributed by atoms with Gasteiger partial charge in [0, 0.05) is 18.8 Å². The molecule has 32 heavy (non-hydrogen) atoms. The van der Waals surface area contributed by atoms with Crippen LogP contribution in [0.25, 0.3) is 22.6 Å². The number of aromatic nitrogens is 3. The summed E-state index contributed by atoms with van der Waals surface area (Å²) in [5, 5.41) is 7.69. The maximum absolute atomic E-state index is 12.4. The average Bonchev–Trinajstić information content (AvgIpc) is 3.36. The third-order valence-electron chi connectivity index (χ3n) is 5.03. The van der Waals surface area contributed by atoms with E-state index in [1.165, 1.54) is 30.4 Å². The van der Waals surface area contributed by atoms with Gasteiger partial charge in [-0.3, -0.25) is 9.69 Å². The van der Waals surface area contributed by atoms with Gasteiger partial charge < -0.3 is 4.57 Å². The average molecular weight is 470 g/mol. The number of carbonyl (C=O) groups excluding carboxylic acids is 1. The zero-order valence-electron chi connectivity index (χ0n) is 17.7. The first-order chi connectivity index (χ1) is 15.3. The Kier molecular flexibility index (Phi) is 6.09. The van der Waals surface area contributed by atoms with Crippen LogP contribution in [0, 0.1) is 0 Å². The number of primary sulfonamides is 1. The predicted molar refractivity (Wildman–Crippen MR) is 126 cm³/mol. The van der Waals surface area contributed by atoms with E-state index in [0.29, 0.717) is 28.7 Å². The number of aryl methyl sites for hydroxylation is 1. The minimum Gasteiger partial charge on any atom is -0.323 e. The number of hydrogen-bond acceptors (Lipinski definition) is 6. The number of anilines is 2. The zero-order chi connectivity index (χ0) is 22.9. The Labute approximate surface area is 190 Å². The molecule has 0 aliphatic carbocycles. The summed E-state index contributed by atoms with van der Waals surface area (Å²) in [6, 6.07) is 14.0. The van der Waals surface area contributed by atoms with Gasteiger partial charge in [0.05, 0.1) is 21.6 Å².